The Kier molecular flexibility index (Phi) is 5.94. The number of nitrogen functional groups attached to an aromatic ring is 1. The lowest BCUT2D eigenvalue weighted by Gasteiger charge is -2.17. The van der Waals surface area contributed by atoms with Gasteiger partial charge < -0.3 is 10.6 Å². The lowest BCUT2D eigenvalue weighted by atomic mass is 10.1. The predicted octanol–water partition coefficient (Wildman–Crippen LogP) is 3.28. The van der Waals surface area contributed by atoms with Crippen molar-refractivity contribution in [1.82, 2.24) is 4.90 Å². The summed E-state index contributed by atoms with van der Waals surface area (Å²) in [5, 5.41) is 0. The predicted molar refractivity (Wildman–Crippen MR) is 71.3 cm³/mol. The van der Waals surface area contributed by atoms with Gasteiger partial charge in [0.1, 0.15) is 0 Å². The molecule has 0 saturated heterocycles. The van der Waals surface area contributed by atoms with Gasteiger partial charge in [-0.2, -0.15) is 0 Å². The monoisotopic (exact) mass is 220 g/mol. The Morgan fingerprint density at radius 3 is 2.56 bits per heavy atom. The molecule has 0 heterocycles. The highest BCUT2D eigenvalue weighted by molar-refractivity contribution is 5.46. The van der Waals surface area contributed by atoms with Gasteiger partial charge in [-0.05, 0) is 31.6 Å². The number of para-hydroxylation sites is 1. The van der Waals surface area contributed by atoms with Crippen LogP contribution in [0.2, 0.25) is 0 Å². The lowest BCUT2D eigenvalue weighted by molar-refractivity contribution is 0.317. The molecule has 1 aromatic carbocycles. The third kappa shape index (κ3) is 4.67. The van der Waals surface area contributed by atoms with Crippen molar-refractivity contribution >= 4 is 5.69 Å². The van der Waals surface area contributed by atoms with Gasteiger partial charge in [0.25, 0.3) is 0 Å². The van der Waals surface area contributed by atoms with Crippen molar-refractivity contribution in [3.63, 3.8) is 0 Å². The molecule has 2 nitrogen and oxygen atoms in total. The smallest absolute Gasteiger partial charge is 0.0359 e. The van der Waals surface area contributed by atoms with E-state index >= 15 is 0 Å². The van der Waals surface area contributed by atoms with E-state index in [1.54, 1.807) is 0 Å². The molecule has 2 heteroatoms. The van der Waals surface area contributed by atoms with Gasteiger partial charge in [0, 0.05) is 12.2 Å². The first-order valence-corrected chi connectivity index (χ1v) is 6.26. The van der Waals surface area contributed by atoms with E-state index in [0.717, 1.165) is 18.8 Å². The summed E-state index contributed by atoms with van der Waals surface area (Å²) in [6, 6.07) is 8.12. The molecule has 90 valence electrons. The van der Waals surface area contributed by atoms with Gasteiger partial charge in [0.15, 0.2) is 0 Å². The Labute approximate surface area is 99.5 Å². The number of benzene rings is 1. The second kappa shape index (κ2) is 7.29. The van der Waals surface area contributed by atoms with E-state index in [1.165, 1.54) is 31.2 Å². The number of nitrogens with two attached hydrogens (primary N) is 1. The fourth-order valence-electron chi connectivity index (χ4n) is 1.86. The van der Waals surface area contributed by atoms with E-state index in [0.29, 0.717) is 0 Å². The normalized spacial score (nSPS) is 10.9. The summed E-state index contributed by atoms with van der Waals surface area (Å²) in [5.41, 5.74) is 8.06. The van der Waals surface area contributed by atoms with E-state index in [1.807, 2.05) is 12.1 Å². The minimum Gasteiger partial charge on any atom is -0.398 e. The molecule has 0 aliphatic heterocycles. The molecule has 0 aliphatic carbocycles. The van der Waals surface area contributed by atoms with Gasteiger partial charge in [-0.15, -0.1) is 0 Å². The van der Waals surface area contributed by atoms with Crippen LogP contribution in [0.1, 0.15) is 38.2 Å². The van der Waals surface area contributed by atoms with E-state index in [-0.39, 0.29) is 0 Å². The molecule has 1 rings (SSSR count). The van der Waals surface area contributed by atoms with Gasteiger partial charge in [0.05, 0.1) is 0 Å². The van der Waals surface area contributed by atoms with Crippen LogP contribution in [0.4, 0.5) is 5.69 Å². The molecule has 0 fully saturated rings. The summed E-state index contributed by atoms with van der Waals surface area (Å²) in [7, 11) is 2.17. The molecule has 0 aromatic heterocycles. The van der Waals surface area contributed by atoms with E-state index in [4.69, 9.17) is 5.73 Å². The average Bonchev–Trinajstić information content (AvgIpc) is 2.28. The third-order valence-electron chi connectivity index (χ3n) is 2.89. The number of rotatable bonds is 7. The van der Waals surface area contributed by atoms with Crippen molar-refractivity contribution in [2.75, 3.05) is 19.3 Å². The molecule has 0 radical (unpaired) electrons. The zero-order chi connectivity index (χ0) is 11.8. The second-order valence-corrected chi connectivity index (χ2v) is 4.50. The Balaban J connectivity index is 2.28. The highest BCUT2D eigenvalue weighted by Gasteiger charge is 2.02. The molecule has 2 N–H and O–H groups in total. The third-order valence-corrected chi connectivity index (χ3v) is 2.89. The van der Waals surface area contributed by atoms with Gasteiger partial charge in [0.2, 0.25) is 0 Å². The molecular weight excluding hydrogens is 196 g/mol. The summed E-state index contributed by atoms with van der Waals surface area (Å²) in [4.78, 5) is 2.35. The molecule has 0 aliphatic rings. The van der Waals surface area contributed by atoms with Gasteiger partial charge in [-0.1, -0.05) is 44.4 Å². The van der Waals surface area contributed by atoms with Crippen molar-refractivity contribution in [2.24, 2.45) is 0 Å². The quantitative estimate of drug-likeness (QED) is 0.564. The molecule has 1 aromatic rings. The molecule has 0 bridgehead atoms. The molecule has 0 atom stereocenters. The zero-order valence-corrected chi connectivity index (χ0v) is 10.6. The molecule has 0 spiro atoms. The highest BCUT2D eigenvalue weighted by Crippen LogP contribution is 2.13. The molecule has 0 amide bonds. The fourth-order valence-corrected chi connectivity index (χ4v) is 1.86. The SMILES string of the molecule is CCCCCCN(C)Cc1ccccc1N. The van der Waals surface area contributed by atoms with Gasteiger partial charge in [-0.3, -0.25) is 0 Å². The second-order valence-electron chi connectivity index (χ2n) is 4.50. The Hall–Kier alpha value is -1.02. The largest absolute Gasteiger partial charge is 0.398 e. The Morgan fingerprint density at radius 2 is 1.88 bits per heavy atom. The van der Waals surface area contributed by atoms with Crippen LogP contribution in [-0.2, 0) is 6.54 Å². The Bertz CT molecular complexity index is 297. The first kappa shape index (κ1) is 13.0. The minimum atomic E-state index is 0.905. The van der Waals surface area contributed by atoms with Gasteiger partial charge >= 0.3 is 0 Å². The maximum atomic E-state index is 5.92. The number of hydrogen-bond acceptors (Lipinski definition) is 2. The topological polar surface area (TPSA) is 29.3 Å². The summed E-state index contributed by atoms with van der Waals surface area (Å²) in [6.45, 7) is 4.36. The Morgan fingerprint density at radius 1 is 1.12 bits per heavy atom. The van der Waals surface area contributed by atoms with Crippen molar-refractivity contribution in [1.29, 1.82) is 0 Å². The van der Waals surface area contributed by atoms with Crippen LogP contribution >= 0.6 is 0 Å². The molecule has 0 unspecified atom stereocenters. The number of nitrogens with zero attached hydrogens (tertiary/aromatic N) is 1. The summed E-state index contributed by atoms with van der Waals surface area (Å²) >= 11 is 0. The lowest BCUT2D eigenvalue weighted by Crippen LogP contribution is -2.19. The van der Waals surface area contributed by atoms with Crippen molar-refractivity contribution in [3.05, 3.63) is 29.8 Å². The molecular formula is C14H24N2. The summed E-state index contributed by atoms with van der Waals surface area (Å²) < 4.78 is 0. The van der Waals surface area contributed by atoms with Crippen LogP contribution in [0.5, 0.6) is 0 Å². The van der Waals surface area contributed by atoms with E-state index in [2.05, 4.69) is 31.0 Å². The first-order chi connectivity index (χ1) is 7.74. The van der Waals surface area contributed by atoms with Crippen LogP contribution in [-0.4, -0.2) is 18.5 Å². The standard InChI is InChI=1S/C14H24N2/c1-3-4-5-8-11-16(2)12-13-9-6-7-10-14(13)15/h6-7,9-10H,3-5,8,11-12,15H2,1-2H3. The number of unbranched alkanes of at least 4 members (excludes halogenated alkanes) is 3. The zero-order valence-electron chi connectivity index (χ0n) is 10.6. The van der Waals surface area contributed by atoms with Gasteiger partial charge in [-0.25, -0.2) is 0 Å². The highest BCUT2D eigenvalue weighted by atomic mass is 15.1. The van der Waals surface area contributed by atoms with Crippen LogP contribution in [0.15, 0.2) is 24.3 Å². The van der Waals surface area contributed by atoms with Crippen molar-refractivity contribution in [3.8, 4) is 0 Å². The summed E-state index contributed by atoms with van der Waals surface area (Å²) in [5.74, 6) is 0. The summed E-state index contributed by atoms with van der Waals surface area (Å²) in [6.07, 6.45) is 5.28. The van der Waals surface area contributed by atoms with Crippen molar-refractivity contribution < 1.29 is 0 Å². The maximum Gasteiger partial charge on any atom is 0.0359 e. The van der Waals surface area contributed by atoms with Crippen LogP contribution in [0.3, 0.4) is 0 Å². The van der Waals surface area contributed by atoms with Crippen LogP contribution in [0, 0.1) is 0 Å². The van der Waals surface area contributed by atoms with Crippen LogP contribution in [0.25, 0.3) is 0 Å². The fraction of sp³-hybridized carbons (Fsp3) is 0.571. The van der Waals surface area contributed by atoms with E-state index in [9.17, 15) is 0 Å². The van der Waals surface area contributed by atoms with Crippen LogP contribution < -0.4 is 5.73 Å². The van der Waals surface area contributed by atoms with Crippen molar-refractivity contribution in [2.45, 2.75) is 39.2 Å². The number of anilines is 1. The number of hydrogen-bond donors (Lipinski definition) is 1. The minimum absolute atomic E-state index is 0.905. The first-order valence-electron chi connectivity index (χ1n) is 6.26. The molecule has 16 heavy (non-hydrogen) atoms. The van der Waals surface area contributed by atoms with E-state index < -0.39 is 0 Å². The average molecular weight is 220 g/mol. The maximum absolute atomic E-state index is 5.92. The molecule has 0 saturated carbocycles.